The first-order chi connectivity index (χ1) is 6.74. The molecular weight excluding hydrogens is 275 g/mol. The van der Waals surface area contributed by atoms with Crippen molar-refractivity contribution >= 4 is 28.3 Å². The Labute approximate surface area is 105 Å². The van der Waals surface area contributed by atoms with Gasteiger partial charge in [-0.1, -0.05) is 28.1 Å². The van der Waals surface area contributed by atoms with Gasteiger partial charge in [-0.3, -0.25) is 4.90 Å². The molecule has 0 bridgehead atoms. The molecule has 0 saturated carbocycles. The Morgan fingerprint density at radius 1 is 1.33 bits per heavy atom. The maximum atomic E-state index is 5.85. The average molecular weight is 292 g/mol. The molecule has 15 heavy (non-hydrogen) atoms. The largest absolute Gasteiger partial charge is 0.326 e. The van der Waals surface area contributed by atoms with Crippen molar-refractivity contribution < 1.29 is 0 Å². The van der Waals surface area contributed by atoms with Crippen LogP contribution >= 0.6 is 28.3 Å². The van der Waals surface area contributed by atoms with Crippen molar-refractivity contribution in [2.24, 2.45) is 5.73 Å². The van der Waals surface area contributed by atoms with Gasteiger partial charge in [-0.05, 0) is 24.1 Å². The van der Waals surface area contributed by atoms with Crippen molar-refractivity contribution in [1.82, 2.24) is 4.90 Å². The van der Waals surface area contributed by atoms with E-state index in [9.17, 15) is 0 Å². The van der Waals surface area contributed by atoms with E-state index in [1.807, 2.05) is 0 Å². The summed E-state index contributed by atoms with van der Waals surface area (Å²) in [6.07, 6.45) is 1.14. The fourth-order valence-corrected chi connectivity index (χ4v) is 2.12. The standard InChI is InChI=1S/C11H15BrN2.ClH/c12-10-3-1-9(2-4-10)7-14-6-5-11(13)8-14;/h1-4,11H,5-8,13H2;1H. The molecule has 2 nitrogen and oxygen atoms in total. The third kappa shape index (κ3) is 3.76. The van der Waals surface area contributed by atoms with Crippen LogP contribution in [-0.4, -0.2) is 24.0 Å². The molecule has 1 atom stereocenters. The highest BCUT2D eigenvalue weighted by molar-refractivity contribution is 9.10. The van der Waals surface area contributed by atoms with Gasteiger partial charge in [0.05, 0.1) is 0 Å². The molecule has 2 rings (SSSR count). The fourth-order valence-electron chi connectivity index (χ4n) is 1.85. The van der Waals surface area contributed by atoms with E-state index >= 15 is 0 Å². The van der Waals surface area contributed by atoms with Gasteiger partial charge < -0.3 is 5.73 Å². The van der Waals surface area contributed by atoms with Crippen molar-refractivity contribution in [3.8, 4) is 0 Å². The van der Waals surface area contributed by atoms with Crippen LogP contribution in [0.15, 0.2) is 28.7 Å². The minimum Gasteiger partial charge on any atom is -0.326 e. The lowest BCUT2D eigenvalue weighted by Gasteiger charge is -2.14. The zero-order chi connectivity index (χ0) is 9.97. The van der Waals surface area contributed by atoms with Gasteiger partial charge in [0.2, 0.25) is 0 Å². The van der Waals surface area contributed by atoms with Crippen LogP contribution in [0.1, 0.15) is 12.0 Å². The molecule has 0 aromatic heterocycles. The predicted octanol–water partition coefficient (Wildman–Crippen LogP) is 2.40. The number of nitrogens with two attached hydrogens (primary N) is 1. The second-order valence-electron chi connectivity index (χ2n) is 3.91. The van der Waals surface area contributed by atoms with Crippen molar-refractivity contribution in [2.75, 3.05) is 13.1 Å². The summed E-state index contributed by atoms with van der Waals surface area (Å²) in [5, 5.41) is 0. The third-order valence-electron chi connectivity index (χ3n) is 2.63. The number of rotatable bonds is 2. The Balaban J connectivity index is 0.00000112. The van der Waals surface area contributed by atoms with Crippen LogP contribution in [0.3, 0.4) is 0 Å². The number of likely N-dealkylation sites (tertiary alicyclic amines) is 1. The van der Waals surface area contributed by atoms with Gasteiger partial charge in [0.1, 0.15) is 0 Å². The van der Waals surface area contributed by atoms with E-state index in [0.29, 0.717) is 6.04 Å². The maximum absolute atomic E-state index is 5.85. The molecule has 1 aromatic rings. The molecule has 1 heterocycles. The van der Waals surface area contributed by atoms with E-state index in [0.717, 1.165) is 30.5 Å². The van der Waals surface area contributed by atoms with Gasteiger partial charge in [-0.2, -0.15) is 0 Å². The first-order valence-corrected chi connectivity index (χ1v) is 5.76. The Bertz CT molecular complexity index is 302. The highest BCUT2D eigenvalue weighted by Gasteiger charge is 2.18. The van der Waals surface area contributed by atoms with Crippen LogP contribution in [0.25, 0.3) is 0 Å². The zero-order valence-electron chi connectivity index (χ0n) is 8.53. The van der Waals surface area contributed by atoms with E-state index in [1.165, 1.54) is 5.56 Å². The summed E-state index contributed by atoms with van der Waals surface area (Å²) in [5.74, 6) is 0. The van der Waals surface area contributed by atoms with Gasteiger partial charge >= 0.3 is 0 Å². The Kier molecular flexibility index (Phi) is 5.06. The smallest absolute Gasteiger partial charge is 0.0234 e. The number of hydrogen-bond acceptors (Lipinski definition) is 2. The van der Waals surface area contributed by atoms with E-state index in [1.54, 1.807) is 0 Å². The molecule has 1 aromatic carbocycles. The van der Waals surface area contributed by atoms with Gasteiger partial charge in [0.25, 0.3) is 0 Å². The SMILES string of the molecule is Cl.NC1CCN(Cc2ccc(Br)cc2)C1. The van der Waals surface area contributed by atoms with E-state index in [4.69, 9.17) is 5.73 Å². The van der Waals surface area contributed by atoms with Gasteiger partial charge in [-0.15, -0.1) is 12.4 Å². The summed E-state index contributed by atoms with van der Waals surface area (Å²) in [6.45, 7) is 3.20. The summed E-state index contributed by atoms with van der Waals surface area (Å²) in [6, 6.07) is 8.88. The molecule has 0 spiro atoms. The Hall–Kier alpha value is -0.0900. The monoisotopic (exact) mass is 290 g/mol. The highest BCUT2D eigenvalue weighted by Crippen LogP contribution is 2.15. The first-order valence-electron chi connectivity index (χ1n) is 4.96. The van der Waals surface area contributed by atoms with Gasteiger partial charge in [-0.25, -0.2) is 0 Å². The van der Waals surface area contributed by atoms with Crippen LogP contribution in [-0.2, 0) is 6.54 Å². The minimum absolute atomic E-state index is 0. The third-order valence-corrected chi connectivity index (χ3v) is 3.16. The molecule has 1 fully saturated rings. The lowest BCUT2D eigenvalue weighted by molar-refractivity contribution is 0.327. The van der Waals surface area contributed by atoms with E-state index in [-0.39, 0.29) is 12.4 Å². The number of hydrogen-bond donors (Lipinski definition) is 1. The quantitative estimate of drug-likeness (QED) is 0.907. The molecular formula is C11H16BrClN2. The summed E-state index contributed by atoms with van der Waals surface area (Å²) in [4.78, 5) is 2.41. The highest BCUT2D eigenvalue weighted by atomic mass is 79.9. The van der Waals surface area contributed by atoms with Crippen LogP contribution in [0.2, 0.25) is 0 Å². The summed E-state index contributed by atoms with van der Waals surface area (Å²) in [7, 11) is 0. The lowest BCUT2D eigenvalue weighted by Crippen LogP contribution is -2.26. The summed E-state index contributed by atoms with van der Waals surface area (Å²) >= 11 is 3.43. The zero-order valence-corrected chi connectivity index (χ0v) is 10.9. The molecule has 0 radical (unpaired) electrons. The Morgan fingerprint density at radius 2 is 2.00 bits per heavy atom. The minimum atomic E-state index is 0. The molecule has 1 aliphatic heterocycles. The first kappa shape index (κ1) is 13.0. The van der Waals surface area contributed by atoms with Crippen molar-refractivity contribution in [1.29, 1.82) is 0 Å². The lowest BCUT2D eigenvalue weighted by atomic mass is 10.2. The normalized spacial score (nSPS) is 21.3. The van der Waals surface area contributed by atoms with Crippen LogP contribution in [0.5, 0.6) is 0 Å². The molecule has 0 aliphatic carbocycles. The fraction of sp³-hybridized carbons (Fsp3) is 0.455. The average Bonchev–Trinajstić information content (AvgIpc) is 2.56. The van der Waals surface area contributed by atoms with E-state index < -0.39 is 0 Å². The number of nitrogens with zero attached hydrogens (tertiary/aromatic N) is 1. The molecule has 4 heteroatoms. The topological polar surface area (TPSA) is 29.3 Å². The van der Waals surface area contributed by atoms with Crippen LogP contribution < -0.4 is 5.73 Å². The molecule has 2 N–H and O–H groups in total. The van der Waals surface area contributed by atoms with Gasteiger partial charge in [0, 0.05) is 30.1 Å². The molecule has 1 unspecified atom stereocenters. The second kappa shape index (κ2) is 5.85. The van der Waals surface area contributed by atoms with Crippen molar-refractivity contribution in [3.05, 3.63) is 34.3 Å². The second-order valence-corrected chi connectivity index (χ2v) is 4.83. The number of halogens is 2. The predicted molar refractivity (Wildman–Crippen MR) is 69.3 cm³/mol. The Morgan fingerprint density at radius 3 is 2.53 bits per heavy atom. The van der Waals surface area contributed by atoms with Crippen molar-refractivity contribution in [3.63, 3.8) is 0 Å². The van der Waals surface area contributed by atoms with Crippen LogP contribution in [0.4, 0.5) is 0 Å². The summed E-state index contributed by atoms with van der Waals surface area (Å²) < 4.78 is 1.14. The molecule has 1 aliphatic rings. The molecule has 84 valence electrons. The maximum Gasteiger partial charge on any atom is 0.0234 e. The van der Waals surface area contributed by atoms with Crippen molar-refractivity contribution in [2.45, 2.75) is 19.0 Å². The van der Waals surface area contributed by atoms with Crippen LogP contribution in [0, 0.1) is 0 Å². The van der Waals surface area contributed by atoms with E-state index in [2.05, 4.69) is 45.1 Å². The number of benzene rings is 1. The van der Waals surface area contributed by atoms with Gasteiger partial charge in [0.15, 0.2) is 0 Å². The molecule has 1 saturated heterocycles. The molecule has 0 amide bonds. The summed E-state index contributed by atoms with van der Waals surface area (Å²) in [5.41, 5.74) is 7.22.